The zero-order valence-corrected chi connectivity index (χ0v) is 13.5. The largest absolute Gasteiger partial charge is 0.465 e. The van der Waals surface area contributed by atoms with Crippen molar-refractivity contribution in [3.63, 3.8) is 0 Å². The molecule has 1 aliphatic rings. The van der Waals surface area contributed by atoms with E-state index < -0.39 is 5.54 Å². The molecule has 0 aromatic heterocycles. The summed E-state index contributed by atoms with van der Waals surface area (Å²) < 4.78 is 5.22. The van der Waals surface area contributed by atoms with Gasteiger partial charge in [-0.2, -0.15) is 11.8 Å². The van der Waals surface area contributed by atoms with Crippen LogP contribution in [0.15, 0.2) is 0 Å². The van der Waals surface area contributed by atoms with Crippen molar-refractivity contribution < 1.29 is 9.53 Å². The Kier molecular flexibility index (Phi) is 7.84. The summed E-state index contributed by atoms with van der Waals surface area (Å²) in [5.74, 6) is 2.30. The molecule has 0 bridgehead atoms. The Morgan fingerprint density at radius 2 is 2.00 bits per heavy atom. The summed E-state index contributed by atoms with van der Waals surface area (Å²) in [6.07, 6.45) is 6.89. The van der Waals surface area contributed by atoms with Crippen molar-refractivity contribution in [2.24, 2.45) is 0 Å². The van der Waals surface area contributed by atoms with Gasteiger partial charge in [-0.25, -0.2) is 0 Å². The molecule has 1 atom stereocenters. The maximum Gasteiger partial charge on any atom is 0.326 e. The van der Waals surface area contributed by atoms with E-state index in [-0.39, 0.29) is 5.97 Å². The number of nitrogens with one attached hydrogen (secondary N) is 1. The maximum atomic E-state index is 12.1. The number of carbonyl (C=O) groups is 1. The van der Waals surface area contributed by atoms with Crippen LogP contribution in [-0.2, 0) is 9.53 Å². The minimum absolute atomic E-state index is 0.0829. The number of esters is 1. The molecule has 1 fully saturated rings. The zero-order valence-electron chi connectivity index (χ0n) is 12.7. The van der Waals surface area contributed by atoms with Crippen LogP contribution >= 0.6 is 11.8 Å². The average molecular weight is 287 g/mol. The quantitative estimate of drug-likeness (QED) is 0.467. The topological polar surface area (TPSA) is 38.3 Å². The Balaban J connectivity index is 2.29. The predicted octanol–water partition coefficient (Wildman–Crippen LogP) is 3.37. The molecule has 19 heavy (non-hydrogen) atoms. The number of ether oxygens (including phenoxy) is 1. The van der Waals surface area contributed by atoms with Crippen LogP contribution in [0.25, 0.3) is 0 Å². The minimum Gasteiger partial charge on any atom is -0.465 e. The van der Waals surface area contributed by atoms with Gasteiger partial charge in [0.1, 0.15) is 5.54 Å². The van der Waals surface area contributed by atoms with Crippen molar-refractivity contribution in [2.45, 2.75) is 70.9 Å². The van der Waals surface area contributed by atoms with Crippen LogP contribution in [0.3, 0.4) is 0 Å². The number of thioether (sulfide) groups is 1. The summed E-state index contributed by atoms with van der Waals surface area (Å²) in [6, 6.07) is 0.530. The normalized spacial score (nSPS) is 18.1. The van der Waals surface area contributed by atoms with Gasteiger partial charge in [-0.15, -0.1) is 0 Å². The number of unbranched alkanes of at least 4 members (excludes halogenated alkanes) is 1. The molecule has 1 saturated carbocycles. The third-order valence-corrected chi connectivity index (χ3v) is 4.59. The summed E-state index contributed by atoms with van der Waals surface area (Å²) in [7, 11) is 0. The molecule has 3 nitrogen and oxygen atoms in total. The lowest BCUT2D eigenvalue weighted by atomic mass is 9.96. The van der Waals surface area contributed by atoms with Crippen LogP contribution in [0.4, 0.5) is 0 Å². The van der Waals surface area contributed by atoms with E-state index in [1.165, 1.54) is 31.4 Å². The Hall–Kier alpha value is -0.220. The number of rotatable bonds is 11. The van der Waals surface area contributed by atoms with Gasteiger partial charge in [0.05, 0.1) is 6.61 Å². The fourth-order valence-corrected chi connectivity index (χ4v) is 3.12. The van der Waals surface area contributed by atoms with E-state index in [4.69, 9.17) is 4.74 Å². The zero-order chi connectivity index (χ0) is 14.1. The highest BCUT2D eigenvalue weighted by Crippen LogP contribution is 2.26. The van der Waals surface area contributed by atoms with Gasteiger partial charge in [0.25, 0.3) is 0 Å². The molecule has 4 heteroatoms. The Morgan fingerprint density at radius 3 is 2.58 bits per heavy atom. The molecule has 1 aliphatic carbocycles. The highest BCUT2D eigenvalue weighted by Gasteiger charge is 2.38. The first-order valence-corrected chi connectivity index (χ1v) is 8.80. The summed E-state index contributed by atoms with van der Waals surface area (Å²) in [4.78, 5) is 12.1. The third kappa shape index (κ3) is 6.66. The SMILES string of the molecule is CCCCSCCCC(C)(NC1CC1)C(=O)OCC. The number of carbonyl (C=O) groups excluding carboxylic acids is 1. The van der Waals surface area contributed by atoms with Gasteiger partial charge in [0, 0.05) is 6.04 Å². The second kappa shape index (κ2) is 8.85. The van der Waals surface area contributed by atoms with E-state index in [2.05, 4.69) is 12.2 Å². The van der Waals surface area contributed by atoms with Crippen LogP contribution in [-0.4, -0.2) is 35.7 Å². The molecule has 0 heterocycles. The van der Waals surface area contributed by atoms with Crippen molar-refractivity contribution in [1.82, 2.24) is 5.32 Å². The molecule has 0 aromatic rings. The standard InChI is InChI=1S/C15H29NO2S/c1-4-6-11-19-12-7-10-15(3,14(17)18-5-2)16-13-8-9-13/h13,16H,4-12H2,1-3H3. The first-order valence-electron chi connectivity index (χ1n) is 7.65. The van der Waals surface area contributed by atoms with Crippen molar-refractivity contribution in [1.29, 1.82) is 0 Å². The summed E-state index contributed by atoms with van der Waals surface area (Å²) in [5, 5.41) is 3.47. The number of hydrogen-bond donors (Lipinski definition) is 1. The Morgan fingerprint density at radius 1 is 1.32 bits per heavy atom. The van der Waals surface area contributed by atoms with Gasteiger partial charge in [0.2, 0.25) is 0 Å². The van der Waals surface area contributed by atoms with Crippen LogP contribution in [0, 0.1) is 0 Å². The maximum absolute atomic E-state index is 12.1. The van der Waals surface area contributed by atoms with Crippen molar-refractivity contribution in [3.8, 4) is 0 Å². The van der Waals surface area contributed by atoms with Crippen molar-refractivity contribution in [3.05, 3.63) is 0 Å². The van der Waals surface area contributed by atoms with Crippen molar-refractivity contribution in [2.75, 3.05) is 18.1 Å². The lowest BCUT2D eigenvalue weighted by Gasteiger charge is -2.28. The van der Waals surface area contributed by atoms with Gasteiger partial charge in [0.15, 0.2) is 0 Å². The van der Waals surface area contributed by atoms with Gasteiger partial charge in [-0.1, -0.05) is 13.3 Å². The summed E-state index contributed by atoms with van der Waals surface area (Å²) >= 11 is 2.00. The molecular formula is C15H29NO2S. The van der Waals surface area contributed by atoms with Crippen LogP contribution in [0.1, 0.15) is 59.3 Å². The molecule has 1 rings (SSSR count). The fourth-order valence-electron chi connectivity index (χ4n) is 2.08. The second-order valence-corrected chi connectivity index (χ2v) is 6.77. The molecule has 1 unspecified atom stereocenters. The van der Waals surface area contributed by atoms with Crippen LogP contribution in [0.5, 0.6) is 0 Å². The first kappa shape index (κ1) is 16.8. The van der Waals surface area contributed by atoms with E-state index in [9.17, 15) is 4.79 Å². The Labute approximate surface area is 122 Å². The lowest BCUT2D eigenvalue weighted by Crippen LogP contribution is -2.51. The highest BCUT2D eigenvalue weighted by molar-refractivity contribution is 7.99. The fraction of sp³-hybridized carbons (Fsp3) is 0.933. The smallest absolute Gasteiger partial charge is 0.326 e. The van der Waals surface area contributed by atoms with E-state index in [1.54, 1.807) is 0 Å². The molecule has 0 spiro atoms. The van der Waals surface area contributed by atoms with Crippen molar-refractivity contribution >= 4 is 17.7 Å². The summed E-state index contributed by atoms with van der Waals surface area (Å²) in [6.45, 7) is 6.56. The Bertz CT molecular complexity index is 269. The van der Waals surface area contributed by atoms with E-state index >= 15 is 0 Å². The molecule has 0 saturated heterocycles. The van der Waals surface area contributed by atoms with E-state index in [0.29, 0.717) is 12.6 Å². The van der Waals surface area contributed by atoms with Gasteiger partial charge in [-0.3, -0.25) is 10.1 Å². The molecule has 1 N–H and O–H groups in total. The van der Waals surface area contributed by atoms with Gasteiger partial charge >= 0.3 is 5.97 Å². The number of hydrogen-bond acceptors (Lipinski definition) is 4. The molecule has 112 valence electrons. The lowest BCUT2D eigenvalue weighted by molar-refractivity contribution is -0.151. The highest BCUT2D eigenvalue weighted by atomic mass is 32.2. The summed E-state index contributed by atoms with van der Waals surface area (Å²) in [5.41, 5.74) is -0.484. The average Bonchev–Trinajstić information content (AvgIpc) is 3.17. The van der Waals surface area contributed by atoms with Gasteiger partial charge in [-0.05, 0) is 57.5 Å². The molecule has 0 aliphatic heterocycles. The van der Waals surface area contributed by atoms with E-state index in [0.717, 1.165) is 18.6 Å². The van der Waals surface area contributed by atoms with Gasteiger partial charge < -0.3 is 4.74 Å². The molecule has 0 radical (unpaired) electrons. The van der Waals surface area contributed by atoms with Crippen LogP contribution in [0.2, 0.25) is 0 Å². The minimum atomic E-state index is -0.484. The molecule has 0 amide bonds. The van der Waals surface area contributed by atoms with E-state index in [1.807, 2.05) is 25.6 Å². The second-order valence-electron chi connectivity index (χ2n) is 5.54. The third-order valence-electron chi connectivity index (χ3n) is 3.43. The van der Waals surface area contributed by atoms with Crippen LogP contribution < -0.4 is 5.32 Å². The molecule has 0 aromatic carbocycles. The predicted molar refractivity (Wildman–Crippen MR) is 82.7 cm³/mol. The molecular weight excluding hydrogens is 258 g/mol. The monoisotopic (exact) mass is 287 g/mol. The first-order chi connectivity index (χ1) is 9.12.